The van der Waals surface area contributed by atoms with E-state index in [9.17, 15) is 0 Å². The molecule has 1 unspecified atom stereocenters. The molecule has 0 saturated carbocycles. The third-order valence-corrected chi connectivity index (χ3v) is 4.35. The molecule has 0 N–H and O–H groups in total. The number of hydrogen-bond donors (Lipinski definition) is 0. The van der Waals surface area contributed by atoms with Crippen molar-refractivity contribution in [2.45, 2.75) is 51.0 Å². The molecule has 0 spiro atoms. The summed E-state index contributed by atoms with van der Waals surface area (Å²) >= 11 is 5.73. The van der Waals surface area contributed by atoms with Gasteiger partial charge in [0.05, 0.1) is 0 Å². The van der Waals surface area contributed by atoms with E-state index in [2.05, 4.69) is 13.5 Å². The second kappa shape index (κ2) is 8.83. The quantitative estimate of drug-likeness (QED) is 0.254. The van der Waals surface area contributed by atoms with E-state index in [0.29, 0.717) is 5.88 Å². The molecular weight excluding hydrogens is 196 g/mol. The van der Waals surface area contributed by atoms with Crippen LogP contribution in [0.2, 0.25) is 5.54 Å². The van der Waals surface area contributed by atoms with Crippen LogP contribution in [0.15, 0.2) is 12.2 Å². The maximum Gasteiger partial charge on any atom is 0.0430 e. The predicted molar refractivity (Wildman–Crippen MR) is 66.9 cm³/mol. The van der Waals surface area contributed by atoms with Crippen LogP contribution in [0.4, 0.5) is 0 Å². The average Bonchev–Trinajstić information content (AvgIpc) is 2.16. The number of unbranched alkanes of at least 4 members (excludes halogenated alkanes) is 4. The summed E-state index contributed by atoms with van der Waals surface area (Å²) in [5.41, 5.74) is 2.00. The largest absolute Gasteiger partial charge is 0.122 e. The molecule has 0 aliphatic heterocycles. The first-order valence-electron chi connectivity index (χ1n) is 5.46. The Hall–Kier alpha value is 0.247. The summed E-state index contributed by atoms with van der Waals surface area (Å²) in [4.78, 5) is 0. The minimum absolute atomic E-state index is 0.656. The van der Waals surface area contributed by atoms with Crippen LogP contribution in [0.3, 0.4) is 0 Å². The average molecular weight is 219 g/mol. The molecule has 0 aliphatic rings. The number of allylic oxidation sites excluding steroid dienone is 1. The zero-order valence-corrected chi connectivity index (χ0v) is 11.9. The van der Waals surface area contributed by atoms with Gasteiger partial charge in [-0.05, 0) is 12.0 Å². The second-order valence-electron chi connectivity index (χ2n) is 3.90. The molecule has 0 fully saturated rings. The Bertz CT molecular complexity index is 134. The van der Waals surface area contributed by atoms with Crippen molar-refractivity contribution in [3.8, 4) is 0 Å². The highest BCUT2D eigenvalue weighted by Gasteiger charge is 2.04. The van der Waals surface area contributed by atoms with E-state index in [1.165, 1.54) is 54.3 Å². The van der Waals surface area contributed by atoms with Crippen molar-refractivity contribution in [1.29, 1.82) is 0 Å². The van der Waals surface area contributed by atoms with Crippen molar-refractivity contribution in [3.05, 3.63) is 12.2 Å². The first-order valence-corrected chi connectivity index (χ1v) is 7.14. The Kier molecular flexibility index (Phi) is 9.00. The third-order valence-electron chi connectivity index (χ3n) is 2.61. The summed E-state index contributed by atoms with van der Waals surface area (Å²) in [7, 11) is 1.22. The standard InChI is InChI=1S/C11H23ClSi/c1-3-4-5-6-7-8-11(13)10(2)9-12/h11H,2-9H2,1,13H3. The Morgan fingerprint density at radius 1 is 1.31 bits per heavy atom. The molecule has 1 atom stereocenters. The van der Waals surface area contributed by atoms with Crippen LogP contribution < -0.4 is 0 Å². The van der Waals surface area contributed by atoms with Crippen LogP contribution >= 0.6 is 11.6 Å². The molecule has 0 amide bonds. The Morgan fingerprint density at radius 3 is 2.46 bits per heavy atom. The van der Waals surface area contributed by atoms with Crippen molar-refractivity contribution in [2.75, 3.05) is 5.88 Å². The van der Waals surface area contributed by atoms with Gasteiger partial charge in [-0.25, -0.2) is 0 Å². The fourth-order valence-corrected chi connectivity index (χ4v) is 2.52. The fourth-order valence-electron chi connectivity index (χ4n) is 1.39. The molecule has 0 radical (unpaired) electrons. The van der Waals surface area contributed by atoms with Crippen LogP contribution in [0, 0.1) is 0 Å². The minimum atomic E-state index is 0.656. The molecule has 78 valence electrons. The number of hydrogen-bond acceptors (Lipinski definition) is 0. The molecule has 0 heterocycles. The van der Waals surface area contributed by atoms with E-state index in [4.69, 9.17) is 11.6 Å². The van der Waals surface area contributed by atoms with Crippen molar-refractivity contribution in [3.63, 3.8) is 0 Å². The van der Waals surface area contributed by atoms with Gasteiger partial charge in [-0.15, -0.1) is 11.6 Å². The number of rotatable bonds is 8. The molecule has 2 heteroatoms. The van der Waals surface area contributed by atoms with Crippen molar-refractivity contribution >= 4 is 21.8 Å². The van der Waals surface area contributed by atoms with Gasteiger partial charge in [0.15, 0.2) is 0 Å². The topological polar surface area (TPSA) is 0 Å². The van der Waals surface area contributed by atoms with E-state index in [0.717, 1.165) is 5.54 Å². The molecular formula is C11H23ClSi. The summed E-state index contributed by atoms with van der Waals surface area (Å²) < 4.78 is 0. The summed E-state index contributed by atoms with van der Waals surface area (Å²) in [5.74, 6) is 0.656. The Balaban J connectivity index is 3.26. The SMILES string of the molecule is C=C(CCl)C([SiH3])CCCCCCC. The molecule has 0 aromatic rings. The first kappa shape index (κ1) is 13.2. The lowest BCUT2D eigenvalue weighted by Gasteiger charge is -2.11. The minimum Gasteiger partial charge on any atom is -0.122 e. The van der Waals surface area contributed by atoms with Crippen LogP contribution in [0.25, 0.3) is 0 Å². The predicted octanol–water partition coefficient (Wildman–Crippen LogP) is 3.30. The normalized spacial score (nSPS) is 13.1. The van der Waals surface area contributed by atoms with Gasteiger partial charge in [-0.2, -0.15) is 0 Å². The Morgan fingerprint density at radius 2 is 1.92 bits per heavy atom. The lowest BCUT2D eigenvalue weighted by atomic mass is 10.1. The summed E-state index contributed by atoms with van der Waals surface area (Å²) in [6, 6.07) is 0. The highest BCUT2D eigenvalue weighted by Crippen LogP contribution is 2.21. The summed E-state index contributed by atoms with van der Waals surface area (Å²) in [6.45, 7) is 6.25. The van der Waals surface area contributed by atoms with E-state index in [-0.39, 0.29) is 0 Å². The molecule has 0 bridgehead atoms. The van der Waals surface area contributed by atoms with E-state index in [1.54, 1.807) is 0 Å². The molecule has 0 rings (SSSR count). The van der Waals surface area contributed by atoms with Gasteiger partial charge in [-0.3, -0.25) is 0 Å². The van der Waals surface area contributed by atoms with Crippen molar-refractivity contribution in [1.82, 2.24) is 0 Å². The maximum absolute atomic E-state index is 5.73. The van der Waals surface area contributed by atoms with Crippen LogP contribution in [-0.2, 0) is 0 Å². The zero-order valence-electron chi connectivity index (χ0n) is 9.11. The Labute approximate surface area is 91.2 Å². The first-order chi connectivity index (χ1) is 6.22. The van der Waals surface area contributed by atoms with Gasteiger partial charge in [0.1, 0.15) is 0 Å². The second-order valence-corrected chi connectivity index (χ2v) is 5.56. The molecule has 13 heavy (non-hydrogen) atoms. The van der Waals surface area contributed by atoms with Gasteiger partial charge in [-0.1, -0.05) is 51.2 Å². The van der Waals surface area contributed by atoms with Crippen LogP contribution in [0.1, 0.15) is 45.4 Å². The van der Waals surface area contributed by atoms with E-state index in [1.807, 2.05) is 0 Å². The van der Waals surface area contributed by atoms with E-state index < -0.39 is 0 Å². The smallest absolute Gasteiger partial charge is 0.0430 e. The number of halogens is 1. The third kappa shape index (κ3) is 7.33. The van der Waals surface area contributed by atoms with Crippen LogP contribution in [-0.4, -0.2) is 16.1 Å². The van der Waals surface area contributed by atoms with Gasteiger partial charge in [0.2, 0.25) is 0 Å². The van der Waals surface area contributed by atoms with E-state index >= 15 is 0 Å². The van der Waals surface area contributed by atoms with Crippen LogP contribution in [0.5, 0.6) is 0 Å². The summed E-state index contributed by atoms with van der Waals surface area (Å²) in [5, 5.41) is 0. The lowest BCUT2D eigenvalue weighted by molar-refractivity contribution is 0.607. The molecule has 0 aromatic heterocycles. The fraction of sp³-hybridized carbons (Fsp3) is 0.818. The molecule has 0 nitrogen and oxygen atoms in total. The molecule has 0 aromatic carbocycles. The molecule has 0 saturated heterocycles. The van der Waals surface area contributed by atoms with Gasteiger partial charge < -0.3 is 0 Å². The monoisotopic (exact) mass is 218 g/mol. The number of alkyl halides is 1. The maximum atomic E-state index is 5.73. The summed E-state index contributed by atoms with van der Waals surface area (Å²) in [6.07, 6.45) is 8.20. The van der Waals surface area contributed by atoms with Crippen molar-refractivity contribution in [2.24, 2.45) is 0 Å². The lowest BCUT2D eigenvalue weighted by Crippen LogP contribution is -1.97. The van der Waals surface area contributed by atoms with Gasteiger partial charge >= 0.3 is 0 Å². The van der Waals surface area contributed by atoms with Crippen molar-refractivity contribution < 1.29 is 0 Å². The molecule has 0 aliphatic carbocycles. The highest BCUT2D eigenvalue weighted by molar-refractivity contribution is 6.21. The zero-order chi connectivity index (χ0) is 10.1. The van der Waals surface area contributed by atoms with Gasteiger partial charge in [0.25, 0.3) is 0 Å². The van der Waals surface area contributed by atoms with Gasteiger partial charge in [0, 0.05) is 16.1 Å². The highest BCUT2D eigenvalue weighted by atomic mass is 35.5.